The Bertz CT molecular complexity index is 1160. The highest BCUT2D eigenvalue weighted by molar-refractivity contribution is 7.98. The molecule has 0 aliphatic heterocycles. The van der Waals surface area contributed by atoms with Gasteiger partial charge in [0.1, 0.15) is 5.39 Å². The van der Waals surface area contributed by atoms with Crippen molar-refractivity contribution in [3.63, 3.8) is 0 Å². The monoisotopic (exact) mass is 391 g/mol. The highest BCUT2D eigenvalue weighted by Crippen LogP contribution is 2.18. The van der Waals surface area contributed by atoms with Crippen LogP contribution < -0.4 is 5.56 Å². The maximum absolute atomic E-state index is 12.7. The van der Waals surface area contributed by atoms with Crippen molar-refractivity contribution in [2.75, 3.05) is 18.8 Å². The molecule has 3 aromatic heterocycles. The molecule has 0 aliphatic carbocycles. The van der Waals surface area contributed by atoms with Gasteiger partial charge < -0.3 is 0 Å². The Balaban J connectivity index is 2.35. The first kappa shape index (κ1) is 18.3. The van der Waals surface area contributed by atoms with Crippen LogP contribution in [0.5, 0.6) is 0 Å². The molecule has 0 unspecified atom stereocenters. The number of aromatic nitrogens is 6. The van der Waals surface area contributed by atoms with Gasteiger partial charge in [-0.15, -0.1) is 6.58 Å². The summed E-state index contributed by atoms with van der Waals surface area (Å²) in [6.07, 6.45) is 10.9. The largest absolute Gasteiger partial charge is 0.278 e. The number of rotatable bonds is 5. The fourth-order valence-corrected chi connectivity index (χ4v) is 3.22. The number of hydrogen-bond acceptors (Lipinski definition) is 8. The summed E-state index contributed by atoms with van der Waals surface area (Å²) in [5.41, 5.74) is 0.155. The Morgan fingerprint density at radius 3 is 2.73 bits per heavy atom. The normalized spacial score (nSPS) is 11.7. The Morgan fingerprint density at radius 1 is 1.31 bits per heavy atom. The number of nitrogens with zero attached hydrogens (tertiary/aromatic N) is 7. The Hall–Kier alpha value is -2.53. The van der Waals surface area contributed by atoms with Gasteiger partial charge >= 0.3 is 0 Å². The zero-order valence-electron chi connectivity index (χ0n) is 14.5. The molecule has 0 radical (unpaired) electrons. The van der Waals surface area contributed by atoms with Crippen molar-refractivity contribution in [1.29, 1.82) is 0 Å². The second-order valence-electron chi connectivity index (χ2n) is 5.59. The average molecular weight is 391 g/mol. The van der Waals surface area contributed by atoms with Crippen LogP contribution >= 0.6 is 11.8 Å². The van der Waals surface area contributed by atoms with E-state index in [1.165, 1.54) is 47.5 Å². The van der Waals surface area contributed by atoms with E-state index in [4.69, 9.17) is 0 Å². The third kappa shape index (κ3) is 3.53. The van der Waals surface area contributed by atoms with Gasteiger partial charge in [-0.05, 0) is 6.26 Å². The molecule has 0 bridgehead atoms. The van der Waals surface area contributed by atoms with E-state index in [0.717, 1.165) is 0 Å². The molecule has 3 rings (SSSR count). The van der Waals surface area contributed by atoms with Gasteiger partial charge in [-0.3, -0.25) is 9.78 Å². The summed E-state index contributed by atoms with van der Waals surface area (Å²) >= 11 is 1.37. The van der Waals surface area contributed by atoms with Crippen LogP contribution in [0.25, 0.3) is 16.9 Å². The molecule has 0 saturated carbocycles. The van der Waals surface area contributed by atoms with Crippen LogP contribution in [-0.4, -0.2) is 52.3 Å². The van der Waals surface area contributed by atoms with E-state index < -0.39 is 9.73 Å². The van der Waals surface area contributed by atoms with Crippen LogP contribution in [0.4, 0.5) is 5.82 Å². The average Bonchev–Trinajstić information content (AvgIpc) is 2.86. The van der Waals surface area contributed by atoms with E-state index in [2.05, 4.69) is 30.9 Å². The van der Waals surface area contributed by atoms with Crippen molar-refractivity contribution in [1.82, 2.24) is 29.3 Å². The van der Waals surface area contributed by atoms with Crippen LogP contribution in [-0.2, 0) is 16.3 Å². The van der Waals surface area contributed by atoms with E-state index >= 15 is 0 Å². The lowest BCUT2D eigenvalue weighted by Gasteiger charge is -2.10. The quantitative estimate of drug-likeness (QED) is 0.369. The third-order valence-corrected chi connectivity index (χ3v) is 4.47. The summed E-state index contributed by atoms with van der Waals surface area (Å²) in [6, 6.07) is 0. The topological polar surface area (TPSA) is 108 Å². The van der Waals surface area contributed by atoms with Gasteiger partial charge in [-0.25, -0.2) is 28.5 Å². The Kier molecular flexibility index (Phi) is 4.92. The van der Waals surface area contributed by atoms with Crippen LogP contribution in [0, 0.1) is 0 Å². The number of fused-ring (bicyclic) bond motifs is 1. The van der Waals surface area contributed by atoms with Crippen LogP contribution in [0.15, 0.2) is 45.6 Å². The Labute approximate surface area is 154 Å². The first-order valence-corrected chi connectivity index (χ1v) is 11.0. The molecule has 0 saturated heterocycles. The molecule has 0 N–H and O–H groups in total. The summed E-state index contributed by atoms with van der Waals surface area (Å²) in [6.45, 7) is 3.95. The van der Waals surface area contributed by atoms with Crippen molar-refractivity contribution in [2.45, 2.75) is 11.7 Å². The lowest BCUT2D eigenvalue weighted by Crippen LogP contribution is -2.22. The molecule has 9 nitrogen and oxygen atoms in total. The maximum Gasteiger partial charge on any atom is 0.278 e. The number of thioether (sulfide) groups is 1. The highest BCUT2D eigenvalue weighted by Gasteiger charge is 2.18. The molecule has 26 heavy (non-hydrogen) atoms. The van der Waals surface area contributed by atoms with Gasteiger partial charge in [0, 0.05) is 28.4 Å². The van der Waals surface area contributed by atoms with Gasteiger partial charge in [0.2, 0.25) is 0 Å². The van der Waals surface area contributed by atoms with Crippen molar-refractivity contribution in [2.24, 2.45) is 4.36 Å². The minimum absolute atomic E-state index is 0.219. The van der Waals surface area contributed by atoms with Crippen molar-refractivity contribution in [3.8, 4) is 5.82 Å². The molecule has 11 heteroatoms. The number of hydrogen-bond donors (Lipinski definition) is 0. The first-order valence-electron chi connectivity index (χ1n) is 7.47. The molecular formula is C15H17N7O2S2. The van der Waals surface area contributed by atoms with Crippen LogP contribution in [0.3, 0.4) is 0 Å². The van der Waals surface area contributed by atoms with E-state index in [-0.39, 0.29) is 17.9 Å². The van der Waals surface area contributed by atoms with Crippen molar-refractivity contribution >= 4 is 38.3 Å². The molecule has 136 valence electrons. The highest BCUT2D eigenvalue weighted by atomic mass is 32.2. The van der Waals surface area contributed by atoms with Crippen LogP contribution in [0.1, 0.15) is 0 Å². The summed E-state index contributed by atoms with van der Waals surface area (Å²) in [4.78, 5) is 29.8. The van der Waals surface area contributed by atoms with Gasteiger partial charge in [0.25, 0.3) is 5.56 Å². The lowest BCUT2D eigenvalue weighted by molar-refractivity contribution is 0.595. The minimum atomic E-state index is -2.39. The first-order chi connectivity index (χ1) is 12.3. The second kappa shape index (κ2) is 7.00. The fourth-order valence-electron chi connectivity index (χ4n) is 2.35. The predicted octanol–water partition coefficient (Wildman–Crippen LogP) is 1.64. The molecule has 0 spiro atoms. The van der Waals surface area contributed by atoms with E-state index in [0.29, 0.717) is 22.0 Å². The van der Waals surface area contributed by atoms with Gasteiger partial charge in [-0.1, -0.05) is 17.8 Å². The lowest BCUT2D eigenvalue weighted by atomic mass is 10.4. The molecule has 0 amide bonds. The van der Waals surface area contributed by atoms with E-state index in [1.54, 1.807) is 10.8 Å². The fraction of sp³-hybridized carbons (Fsp3) is 0.267. The maximum atomic E-state index is 12.7. The van der Waals surface area contributed by atoms with E-state index in [9.17, 15) is 9.00 Å². The SMILES string of the molecule is C=CCn1c(=O)c2cnc(SC)nc2n1-c1cncc(N=S(C)(C)=O)n1. The number of allylic oxidation sites excluding steroid dienone is 1. The molecule has 3 heterocycles. The summed E-state index contributed by atoms with van der Waals surface area (Å²) in [7, 11) is -2.39. The molecule has 0 atom stereocenters. The van der Waals surface area contributed by atoms with Crippen molar-refractivity contribution in [3.05, 3.63) is 41.6 Å². The van der Waals surface area contributed by atoms with Crippen LogP contribution in [0.2, 0.25) is 0 Å². The van der Waals surface area contributed by atoms with Crippen molar-refractivity contribution < 1.29 is 4.21 Å². The van der Waals surface area contributed by atoms with Gasteiger partial charge in [-0.2, -0.15) is 4.36 Å². The standard InChI is InChI=1S/C15H17N7O2S2/c1-5-6-21-14(23)10-7-17-15(25-2)19-13(10)22(21)12-9-16-8-11(18-12)20-26(3,4)24/h5,7-9H,1,6H2,2-4H3. The summed E-state index contributed by atoms with van der Waals surface area (Å²) < 4.78 is 19.0. The van der Waals surface area contributed by atoms with Gasteiger partial charge in [0.05, 0.1) is 18.9 Å². The zero-order chi connectivity index (χ0) is 18.9. The molecular weight excluding hydrogens is 374 g/mol. The third-order valence-electron chi connectivity index (χ3n) is 3.28. The van der Waals surface area contributed by atoms with E-state index in [1.807, 2.05) is 6.26 Å². The Morgan fingerprint density at radius 2 is 2.08 bits per heavy atom. The predicted molar refractivity (Wildman–Crippen MR) is 103 cm³/mol. The molecule has 0 aromatic carbocycles. The summed E-state index contributed by atoms with van der Waals surface area (Å²) in [5, 5.41) is 0.893. The molecule has 0 aliphatic rings. The molecule has 0 fully saturated rings. The minimum Gasteiger partial charge on any atom is -0.267 e. The molecule has 3 aromatic rings. The second-order valence-corrected chi connectivity index (χ2v) is 8.91. The van der Waals surface area contributed by atoms with Gasteiger partial charge in [0.15, 0.2) is 22.4 Å². The smallest absolute Gasteiger partial charge is 0.267 e. The zero-order valence-corrected chi connectivity index (χ0v) is 16.1. The summed E-state index contributed by atoms with van der Waals surface area (Å²) in [5.74, 6) is 0.561.